The second-order valence-electron chi connectivity index (χ2n) is 6.32. The minimum atomic E-state index is 0.846. The third kappa shape index (κ3) is 2.80. The smallest absolute Gasteiger partial charge is 0.0101 e. The van der Waals surface area contributed by atoms with Crippen LogP contribution in [0.5, 0.6) is 0 Å². The normalized spacial score (nSPS) is 34.1. The molecule has 0 heterocycles. The molecule has 0 aromatic heterocycles. The number of hydrogen-bond acceptors (Lipinski definition) is 1. The quantitative estimate of drug-likeness (QED) is 0.691. The van der Waals surface area contributed by atoms with Crippen molar-refractivity contribution in [3.8, 4) is 0 Å². The SMILES string of the molecule is CCNC(CCCC(C)C)C1C2CCCC21. The molecule has 0 aliphatic heterocycles. The van der Waals surface area contributed by atoms with Gasteiger partial charge in [0.05, 0.1) is 0 Å². The molecule has 0 aromatic carbocycles. The van der Waals surface area contributed by atoms with Gasteiger partial charge in [-0.25, -0.2) is 0 Å². The van der Waals surface area contributed by atoms with E-state index in [1.807, 2.05) is 0 Å². The Hall–Kier alpha value is -0.0400. The van der Waals surface area contributed by atoms with Crippen LogP contribution in [0, 0.1) is 23.7 Å². The topological polar surface area (TPSA) is 12.0 Å². The van der Waals surface area contributed by atoms with Crippen molar-refractivity contribution in [2.75, 3.05) is 6.54 Å². The number of hydrogen-bond donors (Lipinski definition) is 1. The van der Waals surface area contributed by atoms with E-state index in [0.717, 1.165) is 36.3 Å². The Kier molecular flexibility index (Phi) is 4.29. The molecule has 0 radical (unpaired) electrons. The predicted molar refractivity (Wildman–Crippen MR) is 70.5 cm³/mol. The molecule has 94 valence electrons. The maximum atomic E-state index is 3.75. The highest BCUT2D eigenvalue weighted by Crippen LogP contribution is 2.59. The molecule has 2 fully saturated rings. The maximum absolute atomic E-state index is 3.75. The van der Waals surface area contributed by atoms with Crippen molar-refractivity contribution < 1.29 is 0 Å². The van der Waals surface area contributed by atoms with Gasteiger partial charge in [0.1, 0.15) is 0 Å². The summed E-state index contributed by atoms with van der Waals surface area (Å²) in [6, 6.07) is 0.846. The lowest BCUT2D eigenvalue weighted by Gasteiger charge is -2.20. The zero-order valence-corrected chi connectivity index (χ0v) is 11.3. The van der Waals surface area contributed by atoms with Crippen molar-refractivity contribution in [3.05, 3.63) is 0 Å². The van der Waals surface area contributed by atoms with Crippen LogP contribution in [0.1, 0.15) is 59.3 Å². The molecular weight excluding hydrogens is 194 g/mol. The van der Waals surface area contributed by atoms with Gasteiger partial charge in [-0.2, -0.15) is 0 Å². The van der Waals surface area contributed by atoms with Gasteiger partial charge in [0.25, 0.3) is 0 Å². The summed E-state index contributed by atoms with van der Waals surface area (Å²) in [6.45, 7) is 8.10. The summed E-state index contributed by atoms with van der Waals surface area (Å²) in [6.07, 6.45) is 8.82. The van der Waals surface area contributed by atoms with Crippen LogP contribution in [0.3, 0.4) is 0 Å². The molecule has 0 aromatic rings. The van der Waals surface area contributed by atoms with Crippen LogP contribution in [0.2, 0.25) is 0 Å². The molecule has 0 amide bonds. The highest BCUT2D eigenvalue weighted by Gasteiger charge is 2.55. The van der Waals surface area contributed by atoms with Crippen LogP contribution in [0.25, 0.3) is 0 Å². The van der Waals surface area contributed by atoms with E-state index >= 15 is 0 Å². The van der Waals surface area contributed by atoms with E-state index in [-0.39, 0.29) is 0 Å². The van der Waals surface area contributed by atoms with Gasteiger partial charge in [0.2, 0.25) is 0 Å². The lowest BCUT2D eigenvalue weighted by atomic mass is 9.96. The highest BCUT2D eigenvalue weighted by atomic mass is 14.9. The van der Waals surface area contributed by atoms with Crippen molar-refractivity contribution in [2.24, 2.45) is 23.7 Å². The molecule has 3 unspecified atom stereocenters. The first kappa shape index (κ1) is 12.4. The van der Waals surface area contributed by atoms with Crippen LogP contribution in [-0.2, 0) is 0 Å². The summed E-state index contributed by atoms with van der Waals surface area (Å²) in [5.41, 5.74) is 0. The van der Waals surface area contributed by atoms with Gasteiger partial charge < -0.3 is 5.32 Å². The van der Waals surface area contributed by atoms with Gasteiger partial charge >= 0.3 is 0 Å². The van der Waals surface area contributed by atoms with Crippen LogP contribution < -0.4 is 5.32 Å². The fraction of sp³-hybridized carbons (Fsp3) is 1.00. The molecule has 2 aliphatic rings. The largest absolute Gasteiger partial charge is 0.314 e. The van der Waals surface area contributed by atoms with Crippen molar-refractivity contribution in [1.82, 2.24) is 5.32 Å². The van der Waals surface area contributed by atoms with Gasteiger partial charge in [-0.1, -0.05) is 40.0 Å². The first-order chi connectivity index (χ1) is 7.74. The average Bonchev–Trinajstić information content (AvgIpc) is 2.70. The van der Waals surface area contributed by atoms with Gasteiger partial charge in [-0.15, -0.1) is 0 Å². The third-order valence-corrected chi connectivity index (χ3v) is 4.70. The third-order valence-electron chi connectivity index (χ3n) is 4.70. The Morgan fingerprint density at radius 1 is 1.12 bits per heavy atom. The van der Waals surface area contributed by atoms with Crippen molar-refractivity contribution in [2.45, 2.75) is 65.3 Å². The predicted octanol–water partition coefficient (Wildman–Crippen LogP) is 3.84. The number of fused-ring (bicyclic) bond motifs is 1. The zero-order valence-electron chi connectivity index (χ0n) is 11.3. The van der Waals surface area contributed by atoms with Gasteiger partial charge in [0, 0.05) is 6.04 Å². The molecule has 2 saturated carbocycles. The van der Waals surface area contributed by atoms with Crippen molar-refractivity contribution in [1.29, 1.82) is 0 Å². The van der Waals surface area contributed by atoms with E-state index in [0.29, 0.717) is 0 Å². The molecule has 1 N–H and O–H groups in total. The monoisotopic (exact) mass is 223 g/mol. The zero-order chi connectivity index (χ0) is 11.5. The fourth-order valence-electron chi connectivity index (χ4n) is 3.91. The Balaban J connectivity index is 1.73. The first-order valence-electron chi connectivity index (χ1n) is 7.47. The lowest BCUT2D eigenvalue weighted by molar-refractivity contribution is 0.371. The standard InChI is InChI=1S/C15H29N/c1-4-16-14(10-5-7-11(2)3)15-12-8-6-9-13(12)15/h11-16H,4-10H2,1-3H3. The van der Waals surface area contributed by atoms with Gasteiger partial charge in [-0.05, 0) is 49.5 Å². The molecule has 3 atom stereocenters. The molecular formula is C15H29N. The summed E-state index contributed by atoms with van der Waals surface area (Å²) in [5, 5.41) is 3.75. The number of nitrogens with one attached hydrogen (secondary N) is 1. The Labute approximate surface area is 101 Å². The minimum absolute atomic E-state index is 0.846. The van der Waals surface area contributed by atoms with Crippen LogP contribution in [0.4, 0.5) is 0 Å². The molecule has 2 aliphatic carbocycles. The van der Waals surface area contributed by atoms with E-state index in [1.165, 1.54) is 38.5 Å². The van der Waals surface area contributed by atoms with E-state index in [9.17, 15) is 0 Å². The van der Waals surface area contributed by atoms with Crippen molar-refractivity contribution in [3.63, 3.8) is 0 Å². The van der Waals surface area contributed by atoms with Crippen LogP contribution >= 0.6 is 0 Å². The molecule has 1 heteroatoms. The van der Waals surface area contributed by atoms with E-state index in [1.54, 1.807) is 0 Å². The Bertz CT molecular complexity index is 201. The molecule has 0 bridgehead atoms. The first-order valence-corrected chi connectivity index (χ1v) is 7.47. The molecule has 1 nitrogen and oxygen atoms in total. The Morgan fingerprint density at radius 2 is 1.81 bits per heavy atom. The van der Waals surface area contributed by atoms with Gasteiger partial charge in [0.15, 0.2) is 0 Å². The van der Waals surface area contributed by atoms with Gasteiger partial charge in [-0.3, -0.25) is 0 Å². The maximum Gasteiger partial charge on any atom is 0.0101 e. The van der Waals surface area contributed by atoms with E-state index in [4.69, 9.17) is 0 Å². The molecule has 16 heavy (non-hydrogen) atoms. The molecule has 2 rings (SSSR count). The van der Waals surface area contributed by atoms with E-state index < -0.39 is 0 Å². The minimum Gasteiger partial charge on any atom is -0.314 e. The molecule has 0 saturated heterocycles. The summed E-state index contributed by atoms with van der Waals surface area (Å²) >= 11 is 0. The summed E-state index contributed by atoms with van der Waals surface area (Å²) in [4.78, 5) is 0. The summed E-state index contributed by atoms with van der Waals surface area (Å²) in [7, 11) is 0. The summed E-state index contributed by atoms with van der Waals surface area (Å²) in [5.74, 6) is 4.16. The van der Waals surface area contributed by atoms with Crippen LogP contribution in [-0.4, -0.2) is 12.6 Å². The summed E-state index contributed by atoms with van der Waals surface area (Å²) < 4.78 is 0. The Morgan fingerprint density at radius 3 is 2.38 bits per heavy atom. The van der Waals surface area contributed by atoms with Crippen molar-refractivity contribution >= 4 is 0 Å². The highest BCUT2D eigenvalue weighted by molar-refractivity contribution is 5.06. The molecule has 0 spiro atoms. The second kappa shape index (κ2) is 5.53. The lowest BCUT2D eigenvalue weighted by Crippen LogP contribution is -2.32. The number of rotatable bonds is 7. The van der Waals surface area contributed by atoms with Crippen LogP contribution in [0.15, 0.2) is 0 Å². The fourth-order valence-corrected chi connectivity index (χ4v) is 3.91. The van der Waals surface area contributed by atoms with E-state index in [2.05, 4.69) is 26.1 Å². The second-order valence-corrected chi connectivity index (χ2v) is 6.32. The average molecular weight is 223 g/mol.